The lowest BCUT2D eigenvalue weighted by atomic mass is 10.1. The first-order valence-electron chi connectivity index (χ1n) is 8.41. The highest BCUT2D eigenvalue weighted by molar-refractivity contribution is 9.10. The van der Waals surface area contributed by atoms with Gasteiger partial charge >= 0.3 is 0 Å². The second-order valence-corrected chi connectivity index (χ2v) is 8.01. The number of rotatable bonds is 3. The molecule has 4 aromatic rings. The molecule has 128 valence electrons. The van der Waals surface area contributed by atoms with Crippen LogP contribution in [0.2, 0.25) is 0 Å². The van der Waals surface area contributed by atoms with Crippen LogP contribution < -0.4 is 0 Å². The Kier molecular flexibility index (Phi) is 4.60. The molecule has 0 aliphatic carbocycles. The van der Waals surface area contributed by atoms with Crippen LogP contribution in [0, 0.1) is 0 Å². The predicted octanol–water partition coefficient (Wildman–Crippen LogP) is 7.98. The molecule has 1 nitrogen and oxygen atoms in total. The fraction of sp³-hybridized carbons (Fsp3) is 0.0435. The van der Waals surface area contributed by atoms with E-state index in [9.17, 15) is 0 Å². The molecule has 0 saturated heterocycles. The van der Waals surface area contributed by atoms with E-state index in [1.165, 1.54) is 27.4 Å². The van der Waals surface area contributed by atoms with Crippen LogP contribution in [0.4, 0.5) is 0 Å². The Labute approximate surface area is 169 Å². The van der Waals surface area contributed by atoms with E-state index in [1.807, 2.05) is 13.0 Å². The quantitative estimate of drug-likeness (QED) is 0.288. The molecule has 0 bridgehead atoms. The number of nitrogens with zero attached hydrogens (tertiary/aromatic N) is 1. The SMILES string of the molecule is C=Cc1ccc(-n2c3ccc(Br)cc3c3cc(Br)ccc32)cc1/C=C\C. The van der Waals surface area contributed by atoms with Crippen LogP contribution in [0.25, 0.3) is 39.6 Å². The summed E-state index contributed by atoms with van der Waals surface area (Å²) in [7, 11) is 0. The molecule has 0 aliphatic heterocycles. The van der Waals surface area contributed by atoms with E-state index in [2.05, 4.69) is 110 Å². The van der Waals surface area contributed by atoms with Crippen LogP contribution in [0.3, 0.4) is 0 Å². The third-order valence-electron chi connectivity index (χ3n) is 4.58. The second kappa shape index (κ2) is 6.90. The van der Waals surface area contributed by atoms with Gasteiger partial charge < -0.3 is 4.57 Å². The van der Waals surface area contributed by atoms with Crippen molar-refractivity contribution in [2.24, 2.45) is 0 Å². The van der Waals surface area contributed by atoms with Crippen molar-refractivity contribution in [3.63, 3.8) is 0 Å². The van der Waals surface area contributed by atoms with Gasteiger partial charge in [0, 0.05) is 25.4 Å². The summed E-state index contributed by atoms with van der Waals surface area (Å²) in [6.45, 7) is 5.97. The molecular formula is C23H17Br2N. The molecule has 0 atom stereocenters. The minimum atomic E-state index is 1.08. The van der Waals surface area contributed by atoms with E-state index in [4.69, 9.17) is 0 Å². The van der Waals surface area contributed by atoms with Gasteiger partial charge in [0.05, 0.1) is 11.0 Å². The third kappa shape index (κ3) is 2.85. The molecule has 0 radical (unpaired) electrons. The van der Waals surface area contributed by atoms with Crippen molar-refractivity contribution in [2.75, 3.05) is 0 Å². The zero-order valence-corrected chi connectivity index (χ0v) is 17.5. The molecule has 1 heterocycles. The number of hydrogen-bond acceptors (Lipinski definition) is 0. The Morgan fingerprint density at radius 2 is 1.42 bits per heavy atom. The van der Waals surface area contributed by atoms with Crippen molar-refractivity contribution in [1.29, 1.82) is 0 Å². The summed E-state index contributed by atoms with van der Waals surface area (Å²) in [6, 6.07) is 19.4. The zero-order valence-electron chi connectivity index (χ0n) is 14.3. The molecule has 0 N–H and O–H groups in total. The maximum atomic E-state index is 3.93. The molecule has 3 heteroatoms. The molecule has 0 spiro atoms. The van der Waals surface area contributed by atoms with E-state index in [0.29, 0.717) is 0 Å². The Morgan fingerprint density at radius 3 is 1.96 bits per heavy atom. The normalized spacial score (nSPS) is 11.7. The number of hydrogen-bond donors (Lipinski definition) is 0. The number of halogens is 2. The van der Waals surface area contributed by atoms with Gasteiger partial charge in [-0.15, -0.1) is 0 Å². The molecule has 1 aromatic heterocycles. The standard InChI is InChI=1S/C23H17Br2N/c1-3-5-16-12-19(9-6-15(16)4-2)26-22-10-7-17(24)13-20(22)21-14-18(25)8-11-23(21)26/h3-14H,2H2,1H3/b5-3-. The van der Waals surface area contributed by atoms with Crippen molar-refractivity contribution in [3.8, 4) is 5.69 Å². The summed E-state index contributed by atoms with van der Waals surface area (Å²) in [5, 5.41) is 2.46. The highest BCUT2D eigenvalue weighted by atomic mass is 79.9. The molecule has 0 amide bonds. The smallest absolute Gasteiger partial charge is 0.0541 e. The van der Waals surface area contributed by atoms with Crippen LogP contribution in [0.5, 0.6) is 0 Å². The molecule has 4 rings (SSSR count). The first-order valence-corrected chi connectivity index (χ1v) is 10.00. The monoisotopic (exact) mass is 465 g/mol. The minimum Gasteiger partial charge on any atom is -0.309 e. The van der Waals surface area contributed by atoms with Crippen LogP contribution in [0.1, 0.15) is 18.1 Å². The molecule has 0 saturated carbocycles. The van der Waals surface area contributed by atoms with Gasteiger partial charge in [-0.05, 0) is 66.6 Å². The Morgan fingerprint density at radius 1 is 0.808 bits per heavy atom. The summed E-state index contributed by atoms with van der Waals surface area (Å²) in [4.78, 5) is 0. The van der Waals surface area contributed by atoms with Crippen molar-refractivity contribution < 1.29 is 0 Å². The van der Waals surface area contributed by atoms with Gasteiger partial charge in [0.25, 0.3) is 0 Å². The van der Waals surface area contributed by atoms with Crippen molar-refractivity contribution in [3.05, 3.63) is 87.3 Å². The average molecular weight is 467 g/mol. The number of aromatic nitrogens is 1. The van der Waals surface area contributed by atoms with Crippen LogP contribution in [0.15, 0.2) is 76.2 Å². The average Bonchev–Trinajstić information content (AvgIpc) is 2.95. The molecular weight excluding hydrogens is 450 g/mol. The number of fused-ring (bicyclic) bond motifs is 3. The first kappa shape index (κ1) is 17.3. The van der Waals surface area contributed by atoms with Crippen molar-refractivity contribution in [1.82, 2.24) is 4.57 Å². The molecule has 0 fully saturated rings. The Bertz CT molecular complexity index is 1120. The van der Waals surface area contributed by atoms with E-state index in [1.54, 1.807) is 0 Å². The lowest BCUT2D eigenvalue weighted by Crippen LogP contribution is -1.95. The van der Waals surface area contributed by atoms with E-state index >= 15 is 0 Å². The lowest BCUT2D eigenvalue weighted by Gasteiger charge is -2.11. The summed E-state index contributed by atoms with van der Waals surface area (Å²) in [6.07, 6.45) is 6.09. The van der Waals surface area contributed by atoms with Gasteiger partial charge in [0.15, 0.2) is 0 Å². The summed E-state index contributed by atoms with van der Waals surface area (Å²) >= 11 is 7.22. The van der Waals surface area contributed by atoms with Gasteiger partial charge in [-0.3, -0.25) is 0 Å². The second-order valence-electron chi connectivity index (χ2n) is 6.18. The Balaban J connectivity index is 2.11. The minimum absolute atomic E-state index is 1.08. The fourth-order valence-electron chi connectivity index (χ4n) is 3.46. The van der Waals surface area contributed by atoms with Gasteiger partial charge in [0.2, 0.25) is 0 Å². The van der Waals surface area contributed by atoms with Crippen LogP contribution in [-0.4, -0.2) is 4.57 Å². The Hall–Kier alpha value is -2.10. The molecule has 0 unspecified atom stereocenters. The highest BCUT2D eigenvalue weighted by Gasteiger charge is 2.13. The van der Waals surface area contributed by atoms with E-state index < -0.39 is 0 Å². The third-order valence-corrected chi connectivity index (χ3v) is 5.57. The van der Waals surface area contributed by atoms with Gasteiger partial charge in [-0.25, -0.2) is 0 Å². The molecule has 3 aromatic carbocycles. The number of allylic oxidation sites excluding steroid dienone is 1. The van der Waals surface area contributed by atoms with Crippen molar-refractivity contribution in [2.45, 2.75) is 6.92 Å². The van der Waals surface area contributed by atoms with Gasteiger partial charge in [-0.2, -0.15) is 0 Å². The van der Waals surface area contributed by atoms with Gasteiger partial charge in [0.1, 0.15) is 0 Å². The molecule has 26 heavy (non-hydrogen) atoms. The van der Waals surface area contributed by atoms with Crippen molar-refractivity contribution >= 4 is 65.8 Å². The number of benzene rings is 3. The summed E-state index contributed by atoms with van der Waals surface area (Å²) in [5.74, 6) is 0. The molecule has 0 aliphatic rings. The maximum Gasteiger partial charge on any atom is 0.0541 e. The van der Waals surface area contributed by atoms with Crippen LogP contribution >= 0.6 is 31.9 Å². The van der Waals surface area contributed by atoms with E-state index in [0.717, 1.165) is 20.2 Å². The largest absolute Gasteiger partial charge is 0.309 e. The van der Waals surface area contributed by atoms with Crippen LogP contribution in [-0.2, 0) is 0 Å². The van der Waals surface area contributed by atoms with Gasteiger partial charge in [-0.1, -0.05) is 62.7 Å². The lowest BCUT2D eigenvalue weighted by molar-refractivity contribution is 1.18. The fourth-order valence-corrected chi connectivity index (χ4v) is 4.18. The first-order chi connectivity index (χ1) is 12.6. The highest BCUT2D eigenvalue weighted by Crippen LogP contribution is 2.35. The van der Waals surface area contributed by atoms with E-state index in [-0.39, 0.29) is 0 Å². The predicted molar refractivity (Wildman–Crippen MR) is 121 cm³/mol. The summed E-state index contributed by atoms with van der Waals surface area (Å²) < 4.78 is 4.49. The maximum absolute atomic E-state index is 3.93. The zero-order chi connectivity index (χ0) is 18.3. The topological polar surface area (TPSA) is 4.93 Å². The summed E-state index contributed by atoms with van der Waals surface area (Å²) in [5.41, 5.74) is 5.84.